The number of ether oxygens (including phenoxy) is 3. The van der Waals surface area contributed by atoms with Crippen molar-refractivity contribution in [2.24, 2.45) is 5.73 Å². The normalized spacial score (nSPS) is 23.0. The number of nitrogens with two attached hydrogens (primary N) is 1. The molecule has 1 amide bonds. The quantitative estimate of drug-likeness (QED) is 0.532. The van der Waals surface area contributed by atoms with E-state index in [1.807, 2.05) is 12.1 Å². The van der Waals surface area contributed by atoms with E-state index in [1.54, 1.807) is 24.3 Å². The Labute approximate surface area is 154 Å². The number of carbonyl (C=O) groups is 1. The van der Waals surface area contributed by atoms with Gasteiger partial charge in [0.05, 0.1) is 5.69 Å². The number of benzene rings is 2. The van der Waals surface area contributed by atoms with Gasteiger partial charge < -0.3 is 25.1 Å². The molecule has 4 N–H and O–H groups in total. The van der Waals surface area contributed by atoms with E-state index in [-0.39, 0.29) is 12.5 Å². The molecule has 27 heavy (non-hydrogen) atoms. The van der Waals surface area contributed by atoms with E-state index < -0.39 is 17.5 Å². The molecule has 2 aromatic carbocycles. The lowest BCUT2D eigenvalue weighted by molar-refractivity contribution is -0.123. The summed E-state index contributed by atoms with van der Waals surface area (Å²) in [4.78, 5) is 14.7. The molecule has 0 radical (unpaired) electrons. The van der Waals surface area contributed by atoms with Crippen LogP contribution >= 0.6 is 0 Å². The van der Waals surface area contributed by atoms with Crippen LogP contribution in [0.2, 0.25) is 0 Å². The van der Waals surface area contributed by atoms with Crippen LogP contribution in [0.1, 0.15) is 11.1 Å². The molecular formula is C19H17N3O5. The van der Waals surface area contributed by atoms with Crippen LogP contribution in [-0.2, 0) is 10.2 Å². The zero-order valence-electron chi connectivity index (χ0n) is 14.3. The topological polar surface area (TPSA) is 118 Å². The largest absolute Gasteiger partial charge is 0.491 e. The first-order valence-corrected chi connectivity index (χ1v) is 8.56. The van der Waals surface area contributed by atoms with Crippen LogP contribution in [-0.4, -0.2) is 42.9 Å². The lowest BCUT2D eigenvalue weighted by atomic mass is 9.77. The highest BCUT2D eigenvalue weighted by atomic mass is 16.6. The van der Waals surface area contributed by atoms with E-state index in [0.29, 0.717) is 47.3 Å². The molecule has 3 aliphatic rings. The molecule has 0 saturated heterocycles. The monoisotopic (exact) mass is 367 g/mol. The number of hydrogen-bond donors (Lipinski definition) is 3. The Morgan fingerprint density at radius 1 is 1.11 bits per heavy atom. The summed E-state index contributed by atoms with van der Waals surface area (Å²) < 4.78 is 17.1. The summed E-state index contributed by atoms with van der Waals surface area (Å²) in [6.45, 7) is 0.971. The van der Waals surface area contributed by atoms with Crippen molar-refractivity contribution in [1.82, 2.24) is 0 Å². The van der Waals surface area contributed by atoms with E-state index in [9.17, 15) is 9.90 Å². The van der Waals surface area contributed by atoms with Gasteiger partial charge in [0.1, 0.15) is 36.8 Å². The van der Waals surface area contributed by atoms with Crippen LogP contribution in [0, 0.1) is 5.41 Å². The Kier molecular flexibility index (Phi) is 3.17. The number of anilines is 1. The molecule has 3 aliphatic heterocycles. The zero-order valence-corrected chi connectivity index (χ0v) is 14.3. The van der Waals surface area contributed by atoms with Gasteiger partial charge in [0.2, 0.25) is 5.91 Å². The van der Waals surface area contributed by atoms with E-state index in [0.717, 1.165) is 4.90 Å². The maximum absolute atomic E-state index is 13.5. The third-order valence-electron chi connectivity index (χ3n) is 5.28. The molecule has 3 heterocycles. The van der Waals surface area contributed by atoms with Crippen LogP contribution in [0.15, 0.2) is 36.4 Å². The minimum atomic E-state index is -1.54. The maximum Gasteiger partial charge on any atom is 0.248 e. The fourth-order valence-electron chi connectivity index (χ4n) is 4.04. The molecular weight excluding hydrogens is 350 g/mol. The van der Waals surface area contributed by atoms with Gasteiger partial charge in [0, 0.05) is 11.6 Å². The predicted octanol–water partition coefficient (Wildman–Crippen LogP) is 0.737. The van der Waals surface area contributed by atoms with Gasteiger partial charge in [-0.15, -0.1) is 0 Å². The molecule has 1 spiro atoms. The number of para-hydroxylation sites is 1. The molecule has 0 bridgehead atoms. The second kappa shape index (κ2) is 5.37. The van der Waals surface area contributed by atoms with Crippen LogP contribution in [0.4, 0.5) is 5.69 Å². The number of carbonyl (C=O) groups excluding carboxylic acids is 1. The number of amidine groups is 1. The highest BCUT2D eigenvalue weighted by molar-refractivity contribution is 6.14. The second-order valence-electron chi connectivity index (χ2n) is 6.71. The SMILES string of the molecule is N=C(N)C(O)N1C(=O)C2(COc3cc4c(cc32)OCCO4)c2ccccc21. The van der Waals surface area contributed by atoms with Gasteiger partial charge in [0.15, 0.2) is 17.7 Å². The summed E-state index contributed by atoms with van der Waals surface area (Å²) in [7, 11) is 0. The lowest BCUT2D eigenvalue weighted by Gasteiger charge is -2.26. The summed E-state index contributed by atoms with van der Waals surface area (Å²) in [6, 6.07) is 10.7. The first kappa shape index (κ1) is 16.0. The number of nitrogens with zero attached hydrogens (tertiary/aromatic N) is 1. The third-order valence-corrected chi connectivity index (χ3v) is 5.28. The van der Waals surface area contributed by atoms with Crippen molar-refractivity contribution in [3.8, 4) is 17.2 Å². The van der Waals surface area contributed by atoms with Crippen LogP contribution in [0.5, 0.6) is 17.2 Å². The van der Waals surface area contributed by atoms with Crippen molar-refractivity contribution in [1.29, 1.82) is 5.41 Å². The number of nitrogens with one attached hydrogen (secondary N) is 1. The Morgan fingerprint density at radius 3 is 2.56 bits per heavy atom. The van der Waals surface area contributed by atoms with Gasteiger partial charge in [-0.2, -0.15) is 0 Å². The first-order valence-electron chi connectivity index (χ1n) is 8.56. The smallest absolute Gasteiger partial charge is 0.248 e. The van der Waals surface area contributed by atoms with Crippen molar-refractivity contribution >= 4 is 17.4 Å². The van der Waals surface area contributed by atoms with E-state index in [4.69, 9.17) is 25.4 Å². The summed E-state index contributed by atoms with van der Waals surface area (Å²) in [5, 5.41) is 18.0. The Bertz CT molecular complexity index is 991. The number of aliphatic hydroxyl groups excluding tert-OH is 1. The Balaban J connectivity index is 1.73. The lowest BCUT2D eigenvalue weighted by Crippen LogP contribution is -2.51. The first-order chi connectivity index (χ1) is 13.0. The molecule has 8 heteroatoms. The van der Waals surface area contributed by atoms with Gasteiger partial charge >= 0.3 is 0 Å². The Morgan fingerprint density at radius 2 is 1.81 bits per heavy atom. The van der Waals surface area contributed by atoms with Crippen molar-refractivity contribution in [3.05, 3.63) is 47.5 Å². The van der Waals surface area contributed by atoms with Crippen molar-refractivity contribution in [2.45, 2.75) is 11.6 Å². The molecule has 2 unspecified atom stereocenters. The molecule has 2 atom stereocenters. The summed E-state index contributed by atoms with van der Waals surface area (Å²) >= 11 is 0. The number of aliphatic hydroxyl groups is 1. The highest BCUT2D eigenvalue weighted by Crippen LogP contribution is 2.54. The summed E-state index contributed by atoms with van der Waals surface area (Å²) in [5.41, 5.74) is 6.22. The van der Waals surface area contributed by atoms with Crippen molar-refractivity contribution in [2.75, 3.05) is 24.7 Å². The second-order valence-corrected chi connectivity index (χ2v) is 6.71. The minimum absolute atomic E-state index is 0.0855. The van der Waals surface area contributed by atoms with E-state index >= 15 is 0 Å². The molecule has 2 aromatic rings. The highest BCUT2D eigenvalue weighted by Gasteiger charge is 2.58. The third kappa shape index (κ3) is 1.95. The van der Waals surface area contributed by atoms with Crippen LogP contribution in [0.3, 0.4) is 0 Å². The fourth-order valence-corrected chi connectivity index (χ4v) is 4.04. The minimum Gasteiger partial charge on any atom is -0.491 e. The number of hydrogen-bond acceptors (Lipinski definition) is 6. The molecule has 0 saturated carbocycles. The van der Waals surface area contributed by atoms with Crippen molar-refractivity contribution in [3.63, 3.8) is 0 Å². The zero-order chi connectivity index (χ0) is 18.8. The average Bonchev–Trinajstić information content (AvgIpc) is 3.17. The fraction of sp³-hybridized carbons (Fsp3) is 0.263. The number of fused-ring (bicyclic) bond motifs is 5. The molecule has 0 fully saturated rings. The molecule has 5 rings (SSSR count). The van der Waals surface area contributed by atoms with Gasteiger partial charge in [-0.25, -0.2) is 0 Å². The van der Waals surface area contributed by atoms with Crippen molar-refractivity contribution < 1.29 is 24.1 Å². The maximum atomic E-state index is 13.5. The number of rotatable bonds is 2. The number of amides is 1. The summed E-state index contributed by atoms with van der Waals surface area (Å²) in [5.74, 6) is 0.789. The van der Waals surface area contributed by atoms with Gasteiger partial charge in [-0.3, -0.25) is 15.1 Å². The molecule has 0 aliphatic carbocycles. The van der Waals surface area contributed by atoms with Gasteiger partial charge in [-0.05, 0) is 17.7 Å². The summed E-state index contributed by atoms with van der Waals surface area (Å²) in [6.07, 6.45) is -1.54. The van der Waals surface area contributed by atoms with Gasteiger partial charge in [0.25, 0.3) is 0 Å². The average molecular weight is 367 g/mol. The standard InChI is InChI=1S/C19H17N3O5/c20-16(21)17(23)22-12-4-2-1-3-10(12)19(18(22)24)9-27-13-8-15-14(7-11(13)19)25-5-6-26-15/h1-4,7-8,17,23H,5-6,9H2,(H3,20,21). The predicted molar refractivity (Wildman–Crippen MR) is 95.6 cm³/mol. The van der Waals surface area contributed by atoms with Gasteiger partial charge in [-0.1, -0.05) is 18.2 Å². The molecule has 0 aromatic heterocycles. The van der Waals surface area contributed by atoms with Crippen LogP contribution in [0.25, 0.3) is 0 Å². The Hall–Kier alpha value is -3.26. The van der Waals surface area contributed by atoms with E-state index in [2.05, 4.69) is 0 Å². The van der Waals surface area contributed by atoms with Crippen LogP contribution < -0.4 is 24.8 Å². The van der Waals surface area contributed by atoms with E-state index in [1.165, 1.54) is 0 Å². The molecule has 138 valence electrons. The molecule has 8 nitrogen and oxygen atoms in total.